The number of fused-ring (bicyclic) bond motifs is 1. The molecule has 2 unspecified atom stereocenters. The average molecular weight is 262 g/mol. The van der Waals surface area contributed by atoms with Gasteiger partial charge in [0, 0.05) is 25.7 Å². The molecule has 1 aromatic rings. The van der Waals surface area contributed by atoms with Gasteiger partial charge in [-0.1, -0.05) is 0 Å². The number of ether oxygens (including phenoxy) is 2. The van der Waals surface area contributed by atoms with Crippen LogP contribution in [0.25, 0.3) is 0 Å². The molecule has 3 rings (SSSR count). The maximum Gasteiger partial charge on any atom is 0.122 e. The average Bonchev–Trinajstić information content (AvgIpc) is 2.99. The smallest absolute Gasteiger partial charge is 0.122 e. The van der Waals surface area contributed by atoms with Gasteiger partial charge in [-0.05, 0) is 42.6 Å². The van der Waals surface area contributed by atoms with Crippen LogP contribution in [-0.2, 0) is 6.54 Å². The highest BCUT2D eigenvalue weighted by Crippen LogP contribution is 2.29. The minimum Gasteiger partial charge on any atom is -0.497 e. The van der Waals surface area contributed by atoms with Crippen LogP contribution in [0.5, 0.6) is 11.5 Å². The van der Waals surface area contributed by atoms with Crippen LogP contribution in [0.1, 0.15) is 5.56 Å². The van der Waals surface area contributed by atoms with E-state index in [2.05, 4.69) is 22.3 Å². The third kappa shape index (κ3) is 2.69. The Hall–Kier alpha value is -1.26. The minimum absolute atomic E-state index is 0.840. The fourth-order valence-electron chi connectivity index (χ4n) is 3.30. The van der Waals surface area contributed by atoms with E-state index in [1.807, 2.05) is 6.07 Å². The first-order valence-electron chi connectivity index (χ1n) is 6.93. The molecule has 0 radical (unpaired) electrons. The molecular formula is C15H22N2O2. The molecule has 19 heavy (non-hydrogen) atoms. The molecule has 0 aliphatic carbocycles. The van der Waals surface area contributed by atoms with Crippen molar-refractivity contribution in [2.24, 2.45) is 11.8 Å². The zero-order valence-electron chi connectivity index (χ0n) is 11.7. The summed E-state index contributed by atoms with van der Waals surface area (Å²) in [5.74, 6) is 3.42. The largest absolute Gasteiger partial charge is 0.497 e. The lowest BCUT2D eigenvalue weighted by Gasteiger charge is -2.18. The van der Waals surface area contributed by atoms with Crippen LogP contribution in [0.2, 0.25) is 0 Å². The van der Waals surface area contributed by atoms with Gasteiger partial charge in [-0.25, -0.2) is 0 Å². The Morgan fingerprint density at radius 3 is 2.16 bits per heavy atom. The molecule has 2 aliphatic heterocycles. The number of hydrogen-bond donors (Lipinski definition) is 1. The molecule has 2 aliphatic rings. The number of rotatable bonds is 4. The van der Waals surface area contributed by atoms with Gasteiger partial charge in [-0.2, -0.15) is 0 Å². The van der Waals surface area contributed by atoms with Crippen molar-refractivity contribution in [1.29, 1.82) is 0 Å². The summed E-state index contributed by atoms with van der Waals surface area (Å²) in [5, 5.41) is 3.48. The number of hydrogen-bond acceptors (Lipinski definition) is 4. The maximum atomic E-state index is 5.33. The standard InChI is InChI=1S/C15H22N2O2/c1-18-14-3-11(4-15(5-14)19-2)8-17-9-12-6-16-7-13(12)10-17/h3-5,12-13,16H,6-10H2,1-2H3. The maximum absolute atomic E-state index is 5.33. The van der Waals surface area contributed by atoms with Crippen LogP contribution < -0.4 is 14.8 Å². The highest BCUT2D eigenvalue weighted by Gasteiger charge is 2.35. The molecule has 104 valence electrons. The molecule has 2 heterocycles. The zero-order chi connectivity index (χ0) is 13.2. The molecule has 0 spiro atoms. The number of likely N-dealkylation sites (tertiary alicyclic amines) is 1. The first-order valence-corrected chi connectivity index (χ1v) is 6.93. The predicted octanol–water partition coefficient (Wildman–Crippen LogP) is 1.35. The molecule has 0 amide bonds. The number of nitrogens with zero attached hydrogens (tertiary/aromatic N) is 1. The minimum atomic E-state index is 0.840. The van der Waals surface area contributed by atoms with Crippen LogP contribution in [0.4, 0.5) is 0 Å². The molecule has 0 saturated carbocycles. The summed E-state index contributed by atoms with van der Waals surface area (Å²) in [4.78, 5) is 2.55. The van der Waals surface area contributed by atoms with Gasteiger partial charge < -0.3 is 14.8 Å². The zero-order valence-corrected chi connectivity index (χ0v) is 11.7. The van der Waals surface area contributed by atoms with Crippen molar-refractivity contribution in [3.63, 3.8) is 0 Å². The van der Waals surface area contributed by atoms with Gasteiger partial charge in [0.15, 0.2) is 0 Å². The molecule has 4 heteroatoms. The van der Waals surface area contributed by atoms with Crippen LogP contribution in [-0.4, -0.2) is 45.3 Å². The van der Waals surface area contributed by atoms with Crippen molar-refractivity contribution < 1.29 is 9.47 Å². The molecule has 0 aromatic heterocycles. The van der Waals surface area contributed by atoms with Gasteiger partial charge in [0.1, 0.15) is 11.5 Å². The van der Waals surface area contributed by atoms with E-state index >= 15 is 0 Å². The second kappa shape index (κ2) is 5.39. The topological polar surface area (TPSA) is 33.7 Å². The number of benzene rings is 1. The van der Waals surface area contributed by atoms with E-state index < -0.39 is 0 Å². The predicted molar refractivity (Wildman–Crippen MR) is 74.7 cm³/mol. The normalized spacial score (nSPS) is 26.4. The lowest BCUT2D eigenvalue weighted by atomic mass is 10.0. The fourth-order valence-corrected chi connectivity index (χ4v) is 3.30. The van der Waals surface area contributed by atoms with E-state index in [9.17, 15) is 0 Å². The lowest BCUT2D eigenvalue weighted by molar-refractivity contribution is 0.304. The van der Waals surface area contributed by atoms with E-state index in [1.165, 1.54) is 31.7 Å². The van der Waals surface area contributed by atoms with Gasteiger partial charge >= 0.3 is 0 Å². The monoisotopic (exact) mass is 262 g/mol. The lowest BCUT2D eigenvalue weighted by Crippen LogP contribution is -2.25. The molecule has 2 atom stereocenters. The molecule has 4 nitrogen and oxygen atoms in total. The third-order valence-corrected chi connectivity index (χ3v) is 4.28. The SMILES string of the molecule is COc1cc(CN2CC3CNCC3C2)cc(OC)c1. The van der Waals surface area contributed by atoms with Gasteiger partial charge in [0.25, 0.3) is 0 Å². The van der Waals surface area contributed by atoms with Crippen molar-refractivity contribution in [3.8, 4) is 11.5 Å². The Morgan fingerprint density at radius 2 is 1.63 bits per heavy atom. The van der Waals surface area contributed by atoms with Gasteiger partial charge in [0.05, 0.1) is 14.2 Å². The molecule has 1 N–H and O–H groups in total. The summed E-state index contributed by atoms with van der Waals surface area (Å²) in [5.41, 5.74) is 1.27. The second-order valence-electron chi connectivity index (χ2n) is 5.59. The Bertz CT molecular complexity index is 416. The molecule has 0 bridgehead atoms. The molecule has 2 fully saturated rings. The summed E-state index contributed by atoms with van der Waals surface area (Å²) in [7, 11) is 3.40. The fraction of sp³-hybridized carbons (Fsp3) is 0.600. The van der Waals surface area contributed by atoms with Crippen molar-refractivity contribution in [2.75, 3.05) is 40.4 Å². The Morgan fingerprint density at radius 1 is 1.05 bits per heavy atom. The number of nitrogens with one attached hydrogen (secondary N) is 1. The summed E-state index contributed by atoms with van der Waals surface area (Å²) in [6.45, 7) is 5.76. The Balaban J connectivity index is 1.69. The van der Waals surface area contributed by atoms with Crippen LogP contribution >= 0.6 is 0 Å². The van der Waals surface area contributed by atoms with Crippen LogP contribution in [0.15, 0.2) is 18.2 Å². The Labute approximate surface area is 114 Å². The van der Waals surface area contributed by atoms with Crippen LogP contribution in [0, 0.1) is 11.8 Å². The summed E-state index contributed by atoms with van der Waals surface area (Å²) < 4.78 is 10.7. The van der Waals surface area contributed by atoms with E-state index in [1.54, 1.807) is 14.2 Å². The summed E-state index contributed by atoms with van der Waals surface area (Å²) >= 11 is 0. The van der Waals surface area contributed by atoms with Gasteiger partial charge in [-0.15, -0.1) is 0 Å². The second-order valence-corrected chi connectivity index (χ2v) is 5.59. The van der Waals surface area contributed by atoms with Crippen molar-refractivity contribution in [2.45, 2.75) is 6.54 Å². The van der Waals surface area contributed by atoms with Crippen molar-refractivity contribution >= 4 is 0 Å². The highest BCUT2D eigenvalue weighted by atomic mass is 16.5. The van der Waals surface area contributed by atoms with Gasteiger partial charge in [0.2, 0.25) is 0 Å². The summed E-state index contributed by atoms with van der Waals surface area (Å²) in [6.07, 6.45) is 0. The van der Waals surface area contributed by atoms with Crippen molar-refractivity contribution in [3.05, 3.63) is 23.8 Å². The quantitative estimate of drug-likeness (QED) is 0.888. The van der Waals surface area contributed by atoms with Crippen molar-refractivity contribution in [1.82, 2.24) is 10.2 Å². The number of methoxy groups -OCH3 is 2. The van der Waals surface area contributed by atoms with Crippen LogP contribution in [0.3, 0.4) is 0 Å². The Kier molecular flexibility index (Phi) is 3.62. The third-order valence-electron chi connectivity index (χ3n) is 4.28. The van der Waals surface area contributed by atoms with Gasteiger partial charge in [-0.3, -0.25) is 4.90 Å². The highest BCUT2D eigenvalue weighted by molar-refractivity contribution is 5.38. The van der Waals surface area contributed by atoms with E-state index in [0.717, 1.165) is 29.9 Å². The van der Waals surface area contributed by atoms with E-state index in [4.69, 9.17) is 9.47 Å². The molecular weight excluding hydrogens is 240 g/mol. The summed E-state index contributed by atoms with van der Waals surface area (Å²) in [6, 6.07) is 6.13. The first-order chi connectivity index (χ1) is 9.28. The molecule has 1 aromatic carbocycles. The molecule has 2 saturated heterocycles. The van der Waals surface area contributed by atoms with E-state index in [-0.39, 0.29) is 0 Å². The first kappa shape index (κ1) is 12.8. The van der Waals surface area contributed by atoms with E-state index in [0.29, 0.717) is 0 Å².